The zero-order valence-electron chi connectivity index (χ0n) is 10.4. The van der Waals surface area contributed by atoms with Crippen LogP contribution in [0.5, 0.6) is 0 Å². The van der Waals surface area contributed by atoms with Crippen molar-refractivity contribution in [2.45, 2.75) is 14.0 Å². The number of fused-ring (bicyclic) bond motifs is 3. The van der Waals surface area contributed by atoms with Crippen molar-refractivity contribution >= 4 is 27.2 Å². The molecule has 0 saturated heterocycles. The van der Waals surface area contributed by atoms with Gasteiger partial charge in [-0.3, -0.25) is 4.57 Å². The Labute approximate surface area is 125 Å². The molecule has 0 radical (unpaired) electrons. The summed E-state index contributed by atoms with van der Waals surface area (Å²) in [5.41, 5.74) is 1.55. The minimum Gasteiger partial charge on any atom is -0.278 e. The minimum absolute atomic E-state index is 0. The Morgan fingerprint density at radius 3 is 2.76 bits per heavy atom. The predicted octanol–water partition coefficient (Wildman–Crippen LogP) is 2.79. The van der Waals surface area contributed by atoms with E-state index >= 15 is 0 Å². The molecule has 5 nitrogen and oxygen atoms in total. The van der Waals surface area contributed by atoms with Crippen molar-refractivity contribution < 1.29 is 0 Å². The summed E-state index contributed by atoms with van der Waals surface area (Å²) >= 11 is 1.55. The average Bonchev–Trinajstić information content (AvgIpc) is 3.12. The molecule has 3 heterocycles. The van der Waals surface area contributed by atoms with Crippen LogP contribution < -0.4 is 5.69 Å². The molecule has 6 heteroatoms. The molecule has 4 aromatic rings. The van der Waals surface area contributed by atoms with Crippen molar-refractivity contribution in [3.8, 4) is 0 Å². The number of thiophene rings is 1. The zero-order chi connectivity index (χ0) is 13.5. The molecule has 0 aliphatic carbocycles. The topological polar surface area (TPSA) is 52.2 Å². The number of nitrogens with zero attached hydrogens (tertiary/aromatic N) is 4. The fourth-order valence-electron chi connectivity index (χ4n) is 2.35. The van der Waals surface area contributed by atoms with E-state index in [2.05, 4.69) is 10.1 Å². The normalized spacial score (nSPS) is 10.9. The first-order valence-electron chi connectivity index (χ1n) is 6.18. The van der Waals surface area contributed by atoms with E-state index in [1.54, 1.807) is 15.9 Å². The van der Waals surface area contributed by atoms with Gasteiger partial charge in [0.2, 0.25) is 0 Å². The number of benzene rings is 1. The van der Waals surface area contributed by atoms with Gasteiger partial charge in [0.25, 0.3) is 0 Å². The highest BCUT2D eigenvalue weighted by Gasteiger charge is 2.13. The van der Waals surface area contributed by atoms with Crippen LogP contribution in [0.3, 0.4) is 0 Å². The summed E-state index contributed by atoms with van der Waals surface area (Å²) in [5.74, 6) is 0. The van der Waals surface area contributed by atoms with E-state index in [-0.39, 0.29) is 13.1 Å². The maximum absolute atomic E-state index is 12.5. The molecule has 0 aliphatic heterocycles. The van der Waals surface area contributed by atoms with Crippen LogP contribution in [0.25, 0.3) is 15.9 Å². The summed E-state index contributed by atoms with van der Waals surface area (Å²) in [7, 11) is 0. The number of hydrogen-bond acceptors (Lipinski definition) is 4. The van der Waals surface area contributed by atoms with Gasteiger partial charge < -0.3 is 0 Å². The molecule has 4 rings (SSSR count). The molecule has 1 aromatic carbocycles. The van der Waals surface area contributed by atoms with Gasteiger partial charge in [0.05, 0.1) is 11.9 Å². The second-order valence-corrected chi connectivity index (χ2v) is 5.38. The van der Waals surface area contributed by atoms with Crippen molar-refractivity contribution in [2.24, 2.45) is 0 Å². The lowest BCUT2D eigenvalue weighted by Gasteiger charge is -2.08. The smallest absolute Gasteiger partial charge is 0.278 e. The second-order valence-electron chi connectivity index (χ2n) is 4.49. The van der Waals surface area contributed by atoms with Gasteiger partial charge in [-0.05, 0) is 17.0 Å². The van der Waals surface area contributed by atoms with Crippen molar-refractivity contribution in [3.05, 3.63) is 64.2 Å². The first-order chi connectivity index (χ1) is 9.84. The Bertz CT molecular complexity index is 952. The average molecular weight is 298 g/mol. The first kappa shape index (κ1) is 13.5. The lowest BCUT2D eigenvalue weighted by molar-refractivity contribution is 0.720. The Hall–Kier alpha value is -2.47. The van der Waals surface area contributed by atoms with E-state index in [9.17, 15) is 4.79 Å². The Morgan fingerprint density at radius 2 is 1.95 bits per heavy atom. The monoisotopic (exact) mass is 298 g/mol. The fourth-order valence-corrected chi connectivity index (χ4v) is 3.24. The highest BCUT2D eigenvalue weighted by atomic mass is 32.1. The van der Waals surface area contributed by atoms with Crippen LogP contribution >= 0.6 is 11.3 Å². The van der Waals surface area contributed by atoms with Crippen molar-refractivity contribution in [1.82, 2.24) is 19.2 Å². The maximum atomic E-state index is 12.5. The molecule has 0 unspecified atom stereocenters. The molecule has 0 aliphatic rings. The number of aromatic nitrogens is 4. The van der Waals surface area contributed by atoms with Crippen LogP contribution in [0.15, 0.2) is 52.9 Å². The summed E-state index contributed by atoms with van der Waals surface area (Å²) < 4.78 is 3.11. The van der Waals surface area contributed by atoms with Gasteiger partial charge in [0.15, 0.2) is 5.65 Å². The second kappa shape index (κ2) is 5.14. The molecular formula is C15H14N4OS. The van der Waals surface area contributed by atoms with Gasteiger partial charge in [-0.2, -0.15) is 9.61 Å². The minimum atomic E-state index is -0.156. The molecule has 0 bridgehead atoms. The van der Waals surface area contributed by atoms with E-state index < -0.39 is 0 Å². The van der Waals surface area contributed by atoms with Crippen LogP contribution in [0.4, 0.5) is 0 Å². The third-order valence-electron chi connectivity index (χ3n) is 3.27. The molecule has 0 fully saturated rings. The van der Waals surface area contributed by atoms with Gasteiger partial charge >= 0.3 is 5.69 Å². The summed E-state index contributed by atoms with van der Waals surface area (Å²) in [6.45, 7) is 0.534. The van der Waals surface area contributed by atoms with E-state index in [4.69, 9.17) is 0 Å². The van der Waals surface area contributed by atoms with Crippen LogP contribution in [0.1, 0.15) is 13.0 Å². The first-order valence-corrected chi connectivity index (χ1v) is 7.06. The van der Waals surface area contributed by atoms with Gasteiger partial charge in [-0.15, -0.1) is 11.3 Å². The summed E-state index contributed by atoms with van der Waals surface area (Å²) in [5, 5.41) is 6.96. The molecule has 0 spiro atoms. The maximum Gasteiger partial charge on any atom is 0.352 e. The van der Waals surface area contributed by atoms with Crippen LogP contribution in [0.2, 0.25) is 0 Å². The SMILES string of the molecule is C.O=c1n(Cc2ccccc2)c2sccc2c2ncnn12. The fraction of sp³-hybridized carbons (Fsp3) is 0.133. The molecule has 3 aromatic heterocycles. The molecule has 0 atom stereocenters. The highest BCUT2D eigenvalue weighted by Crippen LogP contribution is 2.22. The molecule has 0 amide bonds. The van der Waals surface area contributed by atoms with E-state index in [0.29, 0.717) is 12.2 Å². The zero-order valence-corrected chi connectivity index (χ0v) is 11.2. The highest BCUT2D eigenvalue weighted by molar-refractivity contribution is 7.16. The van der Waals surface area contributed by atoms with Crippen LogP contribution in [-0.2, 0) is 6.54 Å². The molecule has 106 valence electrons. The van der Waals surface area contributed by atoms with Crippen molar-refractivity contribution in [1.29, 1.82) is 0 Å². The van der Waals surface area contributed by atoms with Crippen molar-refractivity contribution in [2.75, 3.05) is 0 Å². The van der Waals surface area contributed by atoms with E-state index in [1.807, 2.05) is 41.8 Å². The largest absolute Gasteiger partial charge is 0.352 e. The quantitative estimate of drug-likeness (QED) is 0.572. The standard InChI is InChI=1S/C14H10N4OS.CH4/c19-14-17(8-10-4-2-1-3-5-10)13-11(6-7-20-13)12-15-9-16-18(12)14;/h1-7,9H,8H2;1H4. The van der Waals surface area contributed by atoms with E-state index in [0.717, 1.165) is 15.8 Å². The third kappa shape index (κ3) is 2.04. The Morgan fingerprint density at radius 1 is 1.14 bits per heavy atom. The summed E-state index contributed by atoms with van der Waals surface area (Å²) in [6, 6.07) is 11.9. The summed E-state index contributed by atoms with van der Waals surface area (Å²) in [4.78, 5) is 17.6. The van der Waals surface area contributed by atoms with Gasteiger partial charge in [-0.25, -0.2) is 9.78 Å². The third-order valence-corrected chi connectivity index (χ3v) is 4.21. The molecule has 0 saturated carbocycles. The Kier molecular flexibility index (Phi) is 3.31. The Balaban J connectivity index is 0.00000132. The molecular weight excluding hydrogens is 284 g/mol. The molecule has 0 N–H and O–H groups in total. The van der Waals surface area contributed by atoms with Crippen molar-refractivity contribution in [3.63, 3.8) is 0 Å². The van der Waals surface area contributed by atoms with Gasteiger partial charge in [0, 0.05) is 0 Å². The number of rotatable bonds is 2. The van der Waals surface area contributed by atoms with E-state index in [1.165, 1.54) is 10.8 Å². The van der Waals surface area contributed by atoms with Gasteiger partial charge in [0.1, 0.15) is 11.2 Å². The number of hydrogen-bond donors (Lipinski definition) is 0. The lowest BCUT2D eigenvalue weighted by atomic mass is 10.2. The lowest BCUT2D eigenvalue weighted by Crippen LogP contribution is -2.27. The molecule has 21 heavy (non-hydrogen) atoms. The van der Waals surface area contributed by atoms with Gasteiger partial charge in [-0.1, -0.05) is 37.8 Å². The summed E-state index contributed by atoms with van der Waals surface area (Å²) in [6.07, 6.45) is 1.42. The predicted molar refractivity (Wildman–Crippen MR) is 84.9 cm³/mol. The van der Waals surface area contributed by atoms with Crippen LogP contribution in [0, 0.1) is 0 Å². The van der Waals surface area contributed by atoms with Crippen LogP contribution in [-0.4, -0.2) is 19.2 Å².